The van der Waals surface area contributed by atoms with Crippen LogP contribution in [-0.2, 0) is 4.74 Å². The van der Waals surface area contributed by atoms with E-state index >= 15 is 0 Å². The number of hydrogen-bond acceptors (Lipinski definition) is 2. The second-order valence-corrected chi connectivity index (χ2v) is 16.5. The van der Waals surface area contributed by atoms with E-state index in [4.69, 9.17) is 4.74 Å². The number of benzene rings is 1. The number of fused-ring (bicyclic) bond motifs is 7. The van der Waals surface area contributed by atoms with Gasteiger partial charge in [-0.1, -0.05) is 71.9 Å². The van der Waals surface area contributed by atoms with Crippen molar-refractivity contribution in [1.82, 2.24) is 0 Å². The van der Waals surface area contributed by atoms with Crippen LogP contribution in [-0.4, -0.2) is 12.1 Å². The second kappa shape index (κ2) is 8.96. The van der Waals surface area contributed by atoms with Gasteiger partial charge in [-0.3, -0.25) is 0 Å². The summed E-state index contributed by atoms with van der Waals surface area (Å²) < 4.78 is 6.30. The molecule has 10 atom stereocenters. The van der Waals surface area contributed by atoms with Crippen molar-refractivity contribution in [3.05, 3.63) is 48.0 Å². The van der Waals surface area contributed by atoms with Crippen LogP contribution in [0.1, 0.15) is 123 Å². The van der Waals surface area contributed by atoms with Crippen LogP contribution in [0, 0.1) is 56.7 Å². The molecule has 0 heterocycles. The maximum atomic E-state index is 13.1. The van der Waals surface area contributed by atoms with Crippen LogP contribution in [0.3, 0.4) is 0 Å². The largest absolute Gasteiger partial charge is 0.458 e. The molecule has 214 valence electrons. The van der Waals surface area contributed by atoms with E-state index in [-0.39, 0.29) is 17.5 Å². The summed E-state index contributed by atoms with van der Waals surface area (Å²) in [5.74, 6) is 3.57. The number of rotatable bonds is 3. The van der Waals surface area contributed by atoms with Crippen molar-refractivity contribution in [3.63, 3.8) is 0 Å². The van der Waals surface area contributed by atoms with Crippen molar-refractivity contribution in [2.45, 2.75) is 119 Å². The smallest absolute Gasteiger partial charge is 0.338 e. The van der Waals surface area contributed by atoms with Crippen LogP contribution in [0.2, 0.25) is 0 Å². The number of carbonyl (C=O) groups is 1. The quantitative estimate of drug-likeness (QED) is 0.287. The third kappa shape index (κ3) is 3.74. The molecule has 5 fully saturated rings. The lowest BCUT2D eigenvalue weighted by Crippen LogP contribution is -2.66. The Labute approximate surface area is 238 Å². The van der Waals surface area contributed by atoms with Crippen molar-refractivity contribution in [1.29, 1.82) is 0 Å². The monoisotopic (exact) mass is 530 g/mol. The molecule has 2 heteroatoms. The summed E-state index contributed by atoms with van der Waals surface area (Å²) in [4.78, 5) is 13.1. The van der Waals surface area contributed by atoms with E-state index in [0.717, 1.165) is 30.1 Å². The fraction of sp³-hybridized carbons (Fsp3) is 0.757. The Morgan fingerprint density at radius 3 is 2.21 bits per heavy atom. The summed E-state index contributed by atoms with van der Waals surface area (Å²) in [5.41, 5.74) is 3.72. The molecule has 2 nitrogen and oxygen atoms in total. The van der Waals surface area contributed by atoms with Crippen molar-refractivity contribution in [3.8, 4) is 0 Å². The fourth-order valence-electron chi connectivity index (χ4n) is 12.4. The average molecular weight is 531 g/mol. The van der Waals surface area contributed by atoms with Crippen molar-refractivity contribution < 1.29 is 9.53 Å². The molecule has 0 aliphatic heterocycles. The van der Waals surface area contributed by atoms with Crippen LogP contribution in [0.25, 0.3) is 0 Å². The zero-order valence-corrected chi connectivity index (χ0v) is 25.9. The molecule has 1 aromatic rings. The summed E-state index contributed by atoms with van der Waals surface area (Å²) in [6.45, 7) is 22.4. The van der Waals surface area contributed by atoms with Gasteiger partial charge in [0.1, 0.15) is 6.10 Å². The third-order valence-corrected chi connectivity index (χ3v) is 14.7. The van der Waals surface area contributed by atoms with Gasteiger partial charge >= 0.3 is 5.97 Å². The van der Waals surface area contributed by atoms with Gasteiger partial charge in [-0.2, -0.15) is 0 Å². The molecular weight excluding hydrogens is 476 g/mol. The van der Waals surface area contributed by atoms with Crippen LogP contribution in [0.4, 0.5) is 0 Å². The maximum Gasteiger partial charge on any atom is 0.338 e. The molecule has 0 aromatic heterocycles. The van der Waals surface area contributed by atoms with Crippen LogP contribution in [0.5, 0.6) is 0 Å². The molecule has 5 aliphatic carbocycles. The molecule has 0 unspecified atom stereocenters. The first-order chi connectivity index (χ1) is 18.3. The minimum Gasteiger partial charge on any atom is -0.458 e. The summed E-state index contributed by atoms with van der Waals surface area (Å²) in [6, 6.07) is 9.57. The van der Waals surface area contributed by atoms with Crippen LogP contribution < -0.4 is 0 Å². The normalized spacial score (nSPS) is 48.2. The molecule has 0 N–H and O–H groups in total. The number of ether oxygens (including phenoxy) is 1. The van der Waals surface area contributed by atoms with Gasteiger partial charge in [-0.25, -0.2) is 4.79 Å². The van der Waals surface area contributed by atoms with E-state index < -0.39 is 0 Å². The van der Waals surface area contributed by atoms with Gasteiger partial charge in [0.05, 0.1) is 5.56 Å². The molecule has 39 heavy (non-hydrogen) atoms. The molecular formula is C37H54O2. The van der Waals surface area contributed by atoms with Crippen molar-refractivity contribution in [2.75, 3.05) is 0 Å². The molecule has 0 saturated heterocycles. The van der Waals surface area contributed by atoms with E-state index in [1.54, 1.807) is 0 Å². The van der Waals surface area contributed by atoms with E-state index in [1.165, 1.54) is 63.4 Å². The van der Waals surface area contributed by atoms with Gasteiger partial charge < -0.3 is 4.74 Å². The SMILES string of the molecule is C=C(C)[C@@H]1CC[C@@]2(C)CC[C@@]3(C)[C@@H](CC[C@@H]4[C@]5(C)CC[C@H](OC(=O)c6ccccc6)C(C)(C)[C@@H]5CC[C@@]43C)[C@H]12. The number of hydrogen-bond donors (Lipinski definition) is 0. The summed E-state index contributed by atoms with van der Waals surface area (Å²) in [5, 5.41) is 0. The predicted molar refractivity (Wildman–Crippen MR) is 160 cm³/mol. The Balaban J connectivity index is 1.28. The lowest BCUT2D eigenvalue weighted by molar-refractivity contribution is -0.246. The number of carbonyl (C=O) groups excluding carboxylic acids is 1. The Morgan fingerprint density at radius 1 is 0.795 bits per heavy atom. The minimum absolute atomic E-state index is 0.00948. The van der Waals surface area contributed by atoms with E-state index in [0.29, 0.717) is 33.1 Å². The van der Waals surface area contributed by atoms with Gasteiger partial charge in [0.15, 0.2) is 0 Å². The Bertz CT molecular complexity index is 1140. The van der Waals surface area contributed by atoms with Crippen molar-refractivity contribution in [2.24, 2.45) is 56.7 Å². The first-order valence-electron chi connectivity index (χ1n) is 16.2. The molecule has 1 aromatic carbocycles. The zero-order chi connectivity index (χ0) is 28.0. The highest BCUT2D eigenvalue weighted by Gasteiger charge is 2.70. The highest BCUT2D eigenvalue weighted by Crippen LogP contribution is 2.77. The minimum atomic E-state index is -0.153. The first kappa shape index (κ1) is 27.6. The predicted octanol–water partition coefficient (Wildman–Crippen LogP) is 9.89. The van der Waals surface area contributed by atoms with Gasteiger partial charge in [-0.05, 0) is 135 Å². The zero-order valence-electron chi connectivity index (χ0n) is 25.9. The van der Waals surface area contributed by atoms with E-state index in [2.05, 4.69) is 55.0 Å². The fourth-order valence-corrected chi connectivity index (χ4v) is 12.4. The van der Waals surface area contributed by atoms with Gasteiger partial charge in [0.25, 0.3) is 0 Å². The van der Waals surface area contributed by atoms with Gasteiger partial charge in [0.2, 0.25) is 0 Å². The van der Waals surface area contributed by atoms with Gasteiger partial charge in [0, 0.05) is 5.41 Å². The Morgan fingerprint density at radius 2 is 1.51 bits per heavy atom. The standard InChI is InChI=1S/C37H54O2/c1-24(2)26-16-19-34(5)22-23-36(7)27(31(26)34)14-15-29-35(6)20-18-30(39-32(38)25-12-10-9-11-13-25)33(3,4)28(35)17-21-37(29,36)8/h9-13,26-31H,1,14-23H2,2-8H3/t26-,27-,28-,29+,30-,31-,34-,35+,36-,37-/m0/s1. The molecule has 0 spiro atoms. The summed E-state index contributed by atoms with van der Waals surface area (Å²) >= 11 is 0. The van der Waals surface area contributed by atoms with Gasteiger partial charge in [-0.15, -0.1) is 0 Å². The highest BCUT2D eigenvalue weighted by atomic mass is 16.5. The molecule has 0 bridgehead atoms. The van der Waals surface area contributed by atoms with E-state index in [9.17, 15) is 4.79 Å². The Hall–Kier alpha value is -1.57. The van der Waals surface area contributed by atoms with E-state index in [1.807, 2.05) is 30.3 Å². The lowest BCUT2D eigenvalue weighted by atomic mass is 9.32. The third-order valence-electron chi connectivity index (χ3n) is 14.7. The summed E-state index contributed by atoms with van der Waals surface area (Å²) in [7, 11) is 0. The first-order valence-corrected chi connectivity index (χ1v) is 16.2. The second-order valence-electron chi connectivity index (χ2n) is 16.5. The molecule has 0 amide bonds. The summed E-state index contributed by atoms with van der Waals surface area (Å²) in [6.07, 6.45) is 13.1. The highest BCUT2D eigenvalue weighted by molar-refractivity contribution is 5.89. The van der Waals surface area contributed by atoms with Crippen molar-refractivity contribution >= 4 is 5.97 Å². The molecule has 0 radical (unpaired) electrons. The Kier molecular flexibility index (Phi) is 6.34. The topological polar surface area (TPSA) is 26.3 Å². The van der Waals surface area contributed by atoms with Crippen LogP contribution >= 0.6 is 0 Å². The number of allylic oxidation sites excluding steroid dienone is 1. The lowest BCUT2D eigenvalue weighted by Gasteiger charge is -2.73. The average Bonchev–Trinajstić information content (AvgIpc) is 3.24. The maximum absolute atomic E-state index is 13.1. The number of esters is 1. The molecule has 5 aliphatic rings. The molecule has 6 rings (SSSR count). The van der Waals surface area contributed by atoms with Crippen LogP contribution in [0.15, 0.2) is 42.5 Å². The molecule has 5 saturated carbocycles.